The fraction of sp³-hybridized carbons (Fsp3) is 0.296. The Kier molecular flexibility index (Phi) is 6.37. The van der Waals surface area contributed by atoms with Gasteiger partial charge in [-0.1, -0.05) is 66.7 Å². The number of aromatic amines is 1. The van der Waals surface area contributed by atoms with E-state index in [9.17, 15) is 9.59 Å². The molecule has 0 aliphatic carbocycles. The molecule has 0 spiro atoms. The summed E-state index contributed by atoms with van der Waals surface area (Å²) in [5.41, 5.74) is 3.70. The topological polar surface area (TPSA) is 79.2 Å². The number of nitrogens with zero attached hydrogens (tertiary/aromatic N) is 5. The van der Waals surface area contributed by atoms with Crippen molar-refractivity contribution < 1.29 is 0 Å². The molecule has 8 heteroatoms. The van der Waals surface area contributed by atoms with Crippen molar-refractivity contribution >= 4 is 23.2 Å². The number of piperazine rings is 1. The minimum atomic E-state index is -0.457. The second kappa shape index (κ2) is 9.76. The number of H-pyrrole nitrogens is 1. The molecular formula is C27H30N6O2. The third-order valence-corrected chi connectivity index (χ3v) is 6.70. The van der Waals surface area contributed by atoms with Crippen molar-refractivity contribution in [2.24, 2.45) is 7.05 Å². The predicted molar refractivity (Wildman–Crippen MR) is 140 cm³/mol. The molecule has 35 heavy (non-hydrogen) atoms. The maximum absolute atomic E-state index is 12.8. The van der Waals surface area contributed by atoms with Gasteiger partial charge in [-0.05, 0) is 23.6 Å². The monoisotopic (exact) mass is 470 g/mol. The number of benzene rings is 2. The number of nitrogens with one attached hydrogen (secondary N) is 1. The number of imidazole rings is 1. The average Bonchev–Trinajstić information content (AvgIpc) is 3.25. The maximum atomic E-state index is 12.8. The molecule has 1 N–H and O–H groups in total. The Bertz CT molecular complexity index is 1470. The van der Waals surface area contributed by atoms with Gasteiger partial charge in [-0.25, -0.2) is 4.79 Å². The molecule has 0 unspecified atom stereocenters. The minimum absolute atomic E-state index is 0.407. The molecule has 0 bridgehead atoms. The van der Waals surface area contributed by atoms with Crippen LogP contribution in [0.4, 0.5) is 5.95 Å². The Balaban J connectivity index is 1.42. The molecule has 4 aromatic rings. The van der Waals surface area contributed by atoms with Crippen LogP contribution in [0.1, 0.15) is 16.7 Å². The van der Waals surface area contributed by atoms with Gasteiger partial charge in [0.25, 0.3) is 5.56 Å². The van der Waals surface area contributed by atoms with Crippen LogP contribution < -0.4 is 16.1 Å². The van der Waals surface area contributed by atoms with Crippen LogP contribution in [-0.2, 0) is 20.1 Å². The fourth-order valence-electron chi connectivity index (χ4n) is 4.63. The molecular weight excluding hydrogens is 440 g/mol. The van der Waals surface area contributed by atoms with E-state index >= 15 is 0 Å². The van der Waals surface area contributed by atoms with Gasteiger partial charge >= 0.3 is 5.69 Å². The summed E-state index contributed by atoms with van der Waals surface area (Å²) in [6.07, 6.45) is 4.06. The zero-order valence-corrected chi connectivity index (χ0v) is 20.1. The lowest BCUT2D eigenvalue weighted by atomic mass is 10.1. The summed E-state index contributed by atoms with van der Waals surface area (Å²) in [5, 5.41) is 0. The Hall–Kier alpha value is -3.91. The third kappa shape index (κ3) is 4.70. The van der Waals surface area contributed by atoms with Gasteiger partial charge < -0.3 is 9.47 Å². The van der Waals surface area contributed by atoms with Gasteiger partial charge in [0, 0.05) is 46.3 Å². The van der Waals surface area contributed by atoms with Crippen LogP contribution in [0, 0.1) is 6.92 Å². The lowest BCUT2D eigenvalue weighted by Gasteiger charge is -2.35. The Morgan fingerprint density at radius 2 is 1.69 bits per heavy atom. The summed E-state index contributed by atoms with van der Waals surface area (Å²) in [6, 6.07) is 18.5. The van der Waals surface area contributed by atoms with Crippen molar-refractivity contribution in [1.29, 1.82) is 0 Å². The van der Waals surface area contributed by atoms with E-state index in [2.05, 4.69) is 46.0 Å². The Labute approximate surface area is 203 Å². The first kappa shape index (κ1) is 22.9. The normalized spacial score (nSPS) is 14.9. The number of aromatic nitrogens is 4. The molecule has 0 amide bonds. The molecule has 2 aromatic heterocycles. The fourth-order valence-corrected chi connectivity index (χ4v) is 4.63. The lowest BCUT2D eigenvalue weighted by molar-refractivity contribution is 0.248. The van der Waals surface area contributed by atoms with Gasteiger partial charge in [-0.3, -0.25) is 19.2 Å². The molecule has 1 saturated heterocycles. The summed E-state index contributed by atoms with van der Waals surface area (Å²) in [6.45, 7) is 6.93. The Morgan fingerprint density at radius 1 is 0.971 bits per heavy atom. The maximum Gasteiger partial charge on any atom is 0.329 e. The van der Waals surface area contributed by atoms with Crippen LogP contribution in [0.15, 0.2) is 70.3 Å². The number of fused-ring (bicyclic) bond motifs is 1. The molecule has 1 aliphatic rings. The zero-order chi connectivity index (χ0) is 24.4. The van der Waals surface area contributed by atoms with Gasteiger partial charge in [-0.2, -0.15) is 4.98 Å². The van der Waals surface area contributed by atoms with Crippen LogP contribution in [-0.4, -0.2) is 50.2 Å². The standard InChI is InChI=1S/C27H30N6O2/c1-20-9-6-7-13-22(20)19-31-15-17-32(18-16-31)26-28-24-23(25(34)29-27(35)30(24)2)33(26)14-8-12-21-10-4-3-5-11-21/h3-13H,14-19H2,1-2H3,(H,29,34,35). The highest BCUT2D eigenvalue weighted by Crippen LogP contribution is 2.22. The van der Waals surface area contributed by atoms with Crippen molar-refractivity contribution in [3.8, 4) is 0 Å². The van der Waals surface area contributed by atoms with Gasteiger partial charge in [0.05, 0.1) is 0 Å². The number of hydrogen-bond donors (Lipinski definition) is 1. The summed E-state index contributed by atoms with van der Waals surface area (Å²) in [4.78, 5) is 36.9. The molecule has 1 aliphatic heterocycles. The van der Waals surface area contributed by atoms with E-state index in [1.54, 1.807) is 7.05 Å². The minimum Gasteiger partial charge on any atom is -0.340 e. The molecule has 3 heterocycles. The van der Waals surface area contributed by atoms with E-state index in [-0.39, 0.29) is 0 Å². The van der Waals surface area contributed by atoms with Crippen molar-refractivity contribution in [3.05, 3.63) is 98.2 Å². The lowest BCUT2D eigenvalue weighted by Crippen LogP contribution is -2.47. The first-order valence-corrected chi connectivity index (χ1v) is 11.9. The van der Waals surface area contributed by atoms with Crippen LogP contribution in [0.5, 0.6) is 0 Å². The number of anilines is 1. The molecule has 180 valence electrons. The van der Waals surface area contributed by atoms with Crippen LogP contribution in [0.25, 0.3) is 17.2 Å². The third-order valence-electron chi connectivity index (χ3n) is 6.70. The van der Waals surface area contributed by atoms with Crippen molar-refractivity contribution in [2.75, 3.05) is 31.1 Å². The molecule has 5 rings (SSSR count). The molecule has 0 radical (unpaired) electrons. The first-order chi connectivity index (χ1) is 17.0. The van der Waals surface area contributed by atoms with E-state index in [1.807, 2.05) is 47.1 Å². The number of aryl methyl sites for hydroxylation is 2. The summed E-state index contributed by atoms with van der Waals surface area (Å²) in [5.74, 6) is 0.722. The molecule has 1 fully saturated rings. The van der Waals surface area contributed by atoms with Crippen molar-refractivity contribution in [3.63, 3.8) is 0 Å². The highest BCUT2D eigenvalue weighted by molar-refractivity contribution is 5.74. The van der Waals surface area contributed by atoms with E-state index in [0.717, 1.165) is 44.2 Å². The number of allylic oxidation sites excluding steroid dienone is 1. The average molecular weight is 471 g/mol. The van der Waals surface area contributed by atoms with Crippen molar-refractivity contribution in [2.45, 2.75) is 20.0 Å². The summed E-state index contributed by atoms with van der Waals surface area (Å²) in [7, 11) is 1.64. The van der Waals surface area contributed by atoms with Gasteiger partial charge in [0.1, 0.15) is 0 Å². The second-order valence-corrected chi connectivity index (χ2v) is 9.02. The molecule has 0 saturated carbocycles. The van der Waals surface area contributed by atoms with Gasteiger partial charge in [-0.15, -0.1) is 0 Å². The van der Waals surface area contributed by atoms with Crippen molar-refractivity contribution in [1.82, 2.24) is 24.0 Å². The Morgan fingerprint density at radius 3 is 2.43 bits per heavy atom. The molecule has 8 nitrogen and oxygen atoms in total. The number of hydrogen-bond acceptors (Lipinski definition) is 5. The van der Waals surface area contributed by atoms with E-state index in [4.69, 9.17) is 4.98 Å². The largest absolute Gasteiger partial charge is 0.340 e. The van der Waals surface area contributed by atoms with Gasteiger partial charge in [0.2, 0.25) is 5.95 Å². The zero-order valence-electron chi connectivity index (χ0n) is 20.1. The van der Waals surface area contributed by atoms with E-state index < -0.39 is 11.2 Å². The van der Waals surface area contributed by atoms with Crippen LogP contribution in [0.3, 0.4) is 0 Å². The predicted octanol–water partition coefficient (Wildman–Crippen LogP) is 2.77. The highest BCUT2D eigenvalue weighted by atomic mass is 16.2. The van der Waals surface area contributed by atoms with Crippen LogP contribution in [0.2, 0.25) is 0 Å². The summed E-state index contributed by atoms with van der Waals surface area (Å²) < 4.78 is 3.33. The SMILES string of the molecule is Cc1ccccc1CN1CCN(c2nc3c(c(=O)[nH]c(=O)n3C)n2CC=Cc2ccccc2)CC1. The van der Waals surface area contributed by atoms with Crippen LogP contribution >= 0.6 is 0 Å². The highest BCUT2D eigenvalue weighted by Gasteiger charge is 2.24. The van der Waals surface area contributed by atoms with E-state index in [0.29, 0.717) is 17.7 Å². The quantitative estimate of drug-likeness (QED) is 0.469. The first-order valence-electron chi connectivity index (χ1n) is 11.9. The summed E-state index contributed by atoms with van der Waals surface area (Å²) >= 11 is 0. The number of rotatable bonds is 6. The smallest absolute Gasteiger partial charge is 0.329 e. The van der Waals surface area contributed by atoms with E-state index in [1.165, 1.54) is 15.7 Å². The molecule has 2 aromatic carbocycles. The van der Waals surface area contributed by atoms with Gasteiger partial charge in [0.15, 0.2) is 11.2 Å². The molecule has 0 atom stereocenters. The second-order valence-electron chi connectivity index (χ2n) is 9.02.